The number of rotatable bonds is 10. The molecule has 1 heterocycles. The summed E-state index contributed by atoms with van der Waals surface area (Å²) >= 11 is 0. The predicted molar refractivity (Wildman–Crippen MR) is 86.4 cm³/mol. The predicted octanol–water partition coefficient (Wildman–Crippen LogP) is 1.10. The van der Waals surface area contributed by atoms with Crippen LogP contribution in [0.15, 0.2) is 0 Å². The molecule has 0 aliphatic carbocycles. The van der Waals surface area contributed by atoms with Gasteiger partial charge in [-0.15, -0.1) is 0 Å². The topological polar surface area (TPSA) is 53.6 Å². The summed E-state index contributed by atoms with van der Waals surface area (Å²) < 4.78 is 5.04. The number of amides is 1. The summed E-state index contributed by atoms with van der Waals surface area (Å²) in [6, 6.07) is 0. The summed E-state index contributed by atoms with van der Waals surface area (Å²) in [5.41, 5.74) is 0. The van der Waals surface area contributed by atoms with Crippen molar-refractivity contribution in [1.29, 1.82) is 0 Å². The number of nitrogens with zero attached hydrogens (tertiary/aromatic N) is 1. The van der Waals surface area contributed by atoms with E-state index in [1.807, 2.05) is 0 Å². The second-order valence-corrected chi connectivity index (χ2v) is 6.29. The van der Waals surface area contributed by atoms with Gasteiger partial charge in [0.05, 0.1) is 6.61 Å². The fraction of sp³-hybridized carbons (Fsp3) is 0.938. The maximum atomic E-state index is 11.9. The normalized spacial score (nSPS) is 20.5. The monoisotopic (exact) mass is 299 g/mol. The second-order valence-electron chi connectivity index (χ2n) is 6.29. The number of hydrogen-bond acceptors (Lipinski definition) is 4. The first-order chi connectivity index (χ1) is 10.1. The van der Waals surface area contributed by atoms with E-state index in [2.05, 4.69) is 29.5 Å². The van der Waals surface area contributed by atoms with Gasteiger partial charge < -0.3 is 20.3 Å². The van der Waals surface area contributed by atoms with Crippen molar-refractivity contribution in [3.63, 3.8) is 0 Å². The number of piperidine rings is 1. The highest BCUT2D eigenvalue weighted by Crippen LogP contribution is 2.22. The molecule has 1 fully saturated rings. The van der Waals surface area contributed by atoms with Crippen LogP contribution in [0.4, 0.5) is 0 Å². The van der Waals surface area contributed by atoms with Crippen molar-refractivity contribution in [2.75, 3.05) is 53.5 Å². The fourth-order valence-electron chi connectivity index (χ4n) is 2.83. The van der Waals surface area contributed by atoms with Crippen molar-refractivity contribution in [3.8, 4) is 0 Å². The van der Waals surface area contributed by atoms with Crippen LogP contribution in [0, 0.1) is 11.8 Å². The summed E-state index contributed by atoms with van der Waals surface area (Å²) in [5.74, 6) is 1.33. The van der Waals surface area contributed by atoms with E-state index in [1.165, 1.54) is 12.8 Å². The molecule has 1 rings (SSSR count). The minimum absolute atomic E-state index is 0.201. The van der Waals surface area contributed by atoms with E-state index in [9.17, 15) is 4.79 Å². The smallest absolute Gasteiger partial charge is 0.220 e. The Labute approximate surface area is 129 Å². The summed E-state index contributed by atoms with van der Waals surface area (Å²) in [5, 5.41) is 6.47. The van der Waals surface area contributed by atoms with Crippen LogP contribution in [0.2, 0.25) is 0 Å². The van der Waals surface area contributed by atoms with E-state index < -0.39 is 0 Å². The average Bonchev–Trinajstić information content (AvgIpc) is 2.50. The largest absolute Gasteiger partial charge is 0.383 e. The number of ether oxygens (including phenoxy) is 1. The van der Waals surface area contributed by atoms with E-state index in [4.69, 9.17) is 4.74 Å². The Hall–Kier alpha value is -0.650. The van der Waals surface area contributed by atoms with Crippen molar-refractivity contribution in [2.45, 2.75) is 32.6 Å². The maximum Gasteiger partial charge on any atom is 0.220 e. The molecule has 5 nitrogen and oxygen atoms in total. The lowest BCUT2D eigenvalue weighted by Crippen LogP contribution is -2.36. The Morgan fingerprint density at radius 3 is 2.95 bits per heavy atom. The first-order valence-electron chi connectivity index (χ1n) is 8.28. The quantitative estimate of drug-likeness (QED) is 0.593. The molecule has 0 bridgehead atoms. The fourth-order valence-corrected chi connectivity index (χ4v) is 2.83. The zero-order valence-corrected chi connectivity index (χ0v) is 14.0. The Kier molecular flexibility index (Phi) is 9.63. The molecule has 0 aromatic rings. The van der Waals surface area contributed by atoms with Gasteiger partial charge in [-0.2, -0.15) is 0 Å². The zero-order valence-electron chi connectivity index (χ0n) is 14.0. The molecule has 2 N–H and O–H groups in total. The van der Waals surface area contributed by atoms with Crippen molar-refractivity contribution in [1.82, 2.24) is 15.5 Å². The van der Waals surface area contributed by atoms with Crippen molar-refractivity contribution in [3.05, 3.63) is 0 Å². The third kappa shape index (κ3) is 8.39. The highest BCUT2D eigenvalue weighted by Gasteiger charge is 2.21. The van der Waals surface area contributed by atoms with Gasteiger partial charge >= 0.3 is 0 Å². The van der Waals surface area contributed by atoms with Crippen LogP contribution >= 0.6 is 0 Å². The van der Waals surface area contributed by atoms with Gasteiger partial charge in [-0.3, -0.25) is 4.79 Å². The van der Waals surface area contributed by atoms with Gasteiger partial charge in [-0.05, 0) is 57.8 Å². The van der Waals surface area contributed by atoms with Crippen molar-refractivity contribution in [2.24, 2.45) is 11.8 Å². The molecule has 1 aliphatic heterocycles. The molecule has 21 heavy (non-hydrogen) atoms. The van der Waals surface area contributed by atoms with E-state index in [-0.39, 0.29) is 5.91 Å². The third-order valence-corrected chi connectivity index (χ3v) is 4.36. The number of carbonyl (C=O) groups excluding carboxylic acids is 1. The molecule has 0 radical (unpaired) electrons. The highest BCUT2D eigenvalue weighted by atomic mass is 16.5. The molecule has 5 heteroatoms. The van der Waals surface area contributed by atoms with Crippen LogP contribution in [0.5, 0.6) is 0 Å². The van der Waals surface area contributed by atoms with Gasteiger partial charge in [0.1, 0.15) is 0 Å². The molecule has 0 spiro atoms. The molecule has 1 saturated heterocycles. The molecule has 1 amide bonds. The number of nitrogens with one attached hydrogen (secondary N) is 2. The minimum atomic E-state index is 0.201. The molecule has 1 aliphatic rings. The van der Waals surface area contributed by atoms with Gasteiger partial charge in [0.2, 0.25) is 5.91 Å². The number of likely N-dealkylation sites (N-methyl/N-ethyl adjacent to an activating group) is 1. The van der Waals surface area contributed by atoms with Crippen LogP contribution in [-0.2, 0) is 9.53 Å². The van der Waals surface area contributed by atoms with Crippen molar-refractivity contribution >= 4 is 5.91 Å². The van der Waals surface area contributed by atoms with E-state index >= 15 is 0 Å². The van der Waals surface area contributed by atoms with Crippen LogP contribution < -0.4 is 10.6 Å². The molecule has 0 saturated carbocycles. The Morgan fingerprint density at radius 2 is 2.29 bits per heavy atom. The highest BCUT2D eigenvalue weighted by molar-refractivity contribution is 5.76. The Morgan fingerprint density at radius 1 is 1.48 bits per heavy atom. The average molecular weight is 299 g/mol. The van der Waals surface area contributed by atoms with Crippen LogP contribution in [-0.4, -0.2) is 64.3 Å². The molecular weight excluding hydrogens is 266 g/mol. The van der Waals surface area contributed by atoms with Gasteiger partial charge in [0, 0.05) is 26.6 Å². The van der Waals surface area contributed by atoms with Crippen LogP contribution in [0.1, 0.15) is 32.6 Å². The third-order valence-electron chi connectivity index (χ3n) is 4.36. The molecule has 0 aromatic heterocycles. The van der Waals surface area contributed by atoms with E-state index in [1.54, 1.807) is 7.11 Å². The number of methoxy groups -OCH3 is 1. The van der Waals surface area contributed by atoms with Gasteiger partial charge in [-0.25, -0.2) is 0 Å². The Balaban J connectivity index is 2.05. The maximum absolute atomic E-state index is 11.9. The number of hydrogen-bond donors (Lipinski definition) is 2. The molecule has 2 unspecified atom stereocenters. The van der Waals surface area contributed by atoms with E-state index in [0.717, 1.165) is 45.8 Å². The minimum Gasteiger partial charge on any atom is -0.383 e. The first kappa shape index (κ1) is 18.4. The summed E-state index contributed by atoms with van der Waals surface area (Å²) in [7, 11) is 3.80. The van der Waals surface area contributed by atoms with Gasteiger partial charge in [0.15, 0.2) is 0 Å². The standard InChI is InChI=1S/C16H33N3O2/c1-14(15-6-4-7-17-13-15)12-16(20)18-8-5-9-19(2)10-11-21-3/h14-15,17H,4-13H2,1-3H3,(H,18,20). The lowest BCUT2D eigenvalue weighted by atomic mass is 9.85. The Bertz CT molecular complexity index is 281. The SMILES string of the molecule is COCCN(C)CCCNC(=O)CC(C)C1CCCNC1. The molecular formula is C16H33N3O2. The molecule has 2 atom stereocenters. The van der Waals surface area contributed by atoms with Crippen LogP contribution in [0.25, 0.3) is 0 Å². The molecule has 124 valence electrons. The molecule has 0 aromatic carbocycles. The van der Waals surface area contributed by atoms with Crippen LogP contribution in [0.3, 0.4) is 0 Å². The lowest BCUT2D eigenvalue weighted by molar-refractivity contribution is -0.122. The van der Waals surface area contributed by atoms with Crippen molar-refractivity contribution < 1.29 is 9.53 Å². The van der Waals surface area contributed by atoms with E-state index in [0.29, 0.717) is 18.3 Å². The zero-order chi connectivity index (χ0) is 15.5. The summed E-state index contributed by atoms with van der Waals surface area (Å²) in [6.45, 7) is 7.87. The second kappa shape index (κ2) is 11.0. The summed E-state index contributed by atoms with van der Waals surface area (Å²) in [6.07, 6.45) is 4.15. The van der Waals surface area contributed by atoms with Gasteiger partial charge in [-0.1, -0.05) is 6.92 Å². The summed E-state index contributed by atoms with van der Waals surface area (Å²) in [4.78, 5) is 14.2. The lowest BCUT2D eigenvalue weighted by Gasteiger charge is -2.28. The van der Waals surface area contributed by atoms with Gasteiger partial charge in [0.25, 0.3) is 0 Å². The number of carbonyl (C=O) groups is 1. The first-order valence-corrected chi connectivity index (χ1v) is 8.28.